The number of pyridine rings is 1. The van der Waals surface area contributed by atoms with Gasteiger partial charge in [0.25, 0.3) is 5.91 Å². The number of nitrogens with zero attached hydrogens (tertiary/aromatic N) is 4. The normalized spacial score (nSPS) is 13.6. The van der Waals surface area contributed by atoms with Crippen molar-refractivity contribution in [1.82, 2.24) is 9.88 Å². The number of hydrogen-bond donors (Lipinski definition) is 1. The van der Waals surface area contributed by atoms with E-state index in [0.29, 0.717) is 49.6 Å². The van der Waals surface area contributed by atoms with Crippen molar-refractivity contribution < 1.29 is 14.3 Å². The van der Waals surface area contributed by atoms with Crippen LogP contribution >= 0.6 is 0 Å². The number of nitriles is 1. The zero-order chi connectivity index (χ0) is 19.9. The fraction of sp³-hybridized carbons (Fsp3) is 0.300. The highest BCUT2D eigenvalue weighted by Gasteiger charge is 2.22. The molecule has 0 atom stereocenters. The second-order valence-corrected chi connectivity index (χ2v) is 6.25. The Morgan fingerprint density at radius 1 is 1.18 bits per heavy atom. The minimum atomic E-state index is -0.296. The number of benzene rings is 1. The van der Waals surface area contributed by atoms with E-state index in [2.05, 4.69) is 15.2 Å². The number of hydrogen-bond acceptors (Lipinski definition) is 6. The Morgan fingerprint density at radius 3 is 2.54 bits per heavy atom. The molecule has 0 aliphatic carbocycles. The van der Waals surface area contributed by atoms with Crippen LogP contribution in [0.5, 0.6) is 0 Å². The van der Waals surface area contributed by atoms with Gasteiger partial charge in [0, 0.05) is 38.1 Å². The summed E-state index contributed by atoms with van der Waals surface area (Å²) in [6, 6.07) is 10.5. The first kappa shape index (κ1) is 19.2. The fourth-order valence-electron chi connectivity index (χ4n) is 2.92. The van der Waals surface area contributed by atoms with Crippen molar-refractivity contribution in [3.63, 3.8) is 0 Å². The SMILES string of the molecule is CCOC(=O)N1CCN(c2cncc(C(=O)Nc3ccc(C#N)cc3)c2)CC1. The first-order valence-corrected chi connectivity index (χ1v) is 9.04. The lowest BCUT2D eigenvalue weighted by Crippen LogP contribution is -2.49. The van der Waals surface area contributed by atoms with Crippen LogP contribution in [0, 0.1) is 11.3 Å². The summed E-state index contributed by atoms with van der Waals surface area (Å²) in [7, 11) is 0. The summed E-state index contributed by atoms with van der Waals surface area (Å²) in [6.45, 7) is 4.54. The van der Waals surface area contributed by atoms with Gasteiger partial charge in [-0.1, -0.05) is 0 Å². The van der Waals surface area contributed by atoms with Crippen molar-refractivity contribution in [2.24, 2.45) is 0 Å². The zero-order valence-corrected chi connectivity index (χ0v) is 15.6. The number of carbonyl (C=O) groups is 2. The standard InChI is InChI=1S/C20H21N5O3/c1-2-28-20(27)25-9-7-24(8-10-25)18-11-16(13-22-14-18)19(26)23-17-5-3-15(12-21)4-6-17/h3-6,11,13-14H,2,7-10H2,1H3,(H,23,26). The minimum Gasteiger partial charge on any atom is -0.450 e. The molecular formula is C20H21N5O3. The third-order valence-electron chi connectivity index (χ3n) is 4.43. The third kappa shape index (κ3) is 4.57. The molecule has 1 aliphatic heterocycles. The minimum absolute atomic E-state index is 0.274. The summed E-state index contributed by atoms with van der Waals surface area (Å²) >= 11 is 0. The molecule has 1 aromatic heterocycles. The van der Waals surface area contributed by atoms with Gasteiger partial charge in [-0.3, -0.25) is 9.78 Å². The van der Waals surface area contributed by atoms with Gasteiger partial charge in [-0.15, -0.1) is 0 Å². The van der Waals surface area contributed by atoms with Crippen LogP contribution < -0.4 is 10.2 Å². The maximum Gasteiger partial charge on any atom is 0.409 e. The summed E-state index contributed by atoms with van der Waals surface area (Å²) in [5, 5.41) is 11.6. The highest BCUT2D eigenvalue weighted by atomic mass is 16.6. The van der Waals surface area contributed by atoms with E-state index < -0.39 is 0 Å². The molecule has 2 heterocycles. The predicted octanol–water partition coefficient (Wildman–Crippen LogP) is 2.48. The summed E-state index contributed by atoms with van der Waals surface area (Å²) in [4.78, 5) is 32.3. The van der Waals surface area contributed by atoms with Gasteiger partial charge in [-0.25, -0.2) is 4.79 Å². The Labute approximate surface area is 163 Å². The maximum absolute atomic E-state index is 12.5. The first-order chi connectivity index (χ1) is 13.6. The van der Waals surface area contributed by atoms with Crippen LogP contribution in [0.4, 0.5) is 16.2 Å². The molecule has 2 aromatic rings. The van der Waals surface area contributed by atoms with Crippen LogP contribution in [0.1, 0.15) is 22.8 Å². The van der Waals surface area contributed by atoms with Crippen LogP contribution in [-0.4, -0.2) is 54.7 Å². The molecular weight excluding hydrogens is 358 g/mol. The molecule has 0 saturated carbocycles. The Kier molecular flexibility index (Phi) is 6.07. The molecule has 0 radical (unpaired) electrons. The average Bonchev–Trinajstić information content (AvgIpc) is 2.74. The van der Waals surface area contributed by atoms with E-state index >= 15 is 0 Å². The topological polar surface area (TPSA) is 98.6 Å². The number of nitrogens with one attached hydrogen (secondary N) is 1. The van der Waals surface area contributed by atoms with Crippen LogP contribution in [0.15, 0.2) is 42.7 Å². The molecule has 0 unspecified atom stereocenters. The molecule has 1 fully saturated rings. The van der Waals surface area contributed by atoms with Crippen molar-refractivity contribution in [1.29, 1.82) is 5.26 Å². The Hall–Kier alpha value is -3.60. The number of anilines is 2. The summed E-state index contributed by atoms with van der Waals surface area (Å²) < 4.78 is 5.03. The number of piperazine rings is 1. The lowest BCUT2D eigenvalue weighted by atomic mass is 10.2. The molecule has 0 spiro atoms. The molecule has 8 nitrogen and oxygen atoms in total. The molecule has 8 heteroatoms. The van der Waals surface area contributed by atoms with Gasteiger partial charge in [-0.2, -0.15) is 5.26 Å². The highest BCUT2D eigenvalue weighted by Crippen LogP contribution is 2.18. The van der Waals surface area contributed by atoms with Crippen molar-refractivity contribution in [2.45, 2.75) is 6.92 Å². The van der Waals surface area contributed by atoms with Crippen LogP contribution in [0.2, 0.25) is 0 Å². The molecule has 28 heavy (non-hydrogen) atoms. The van der Waals surface area contributed by atoms with E-state index in [-0.39, 0.29) is 12.0 Å². The van der Waals surface area contributed by atoms with Crippen LogP contribution in [-0.2, 0) is 4.74 Å². The fourth-order valence-corrected chi connectivity index (χ4v) is 2.92. The van der Waals surface area contributed by atoms with Gasteiger partial charge in [0.15, 0.2) is 0 Å². The lowest BCUT2D eigenvalue weighted by Gasteiger charge is -2.35. The maximum atomic E-state index is 12.5. The summed E-state index contributed by atoms with van der Waals surface area (Å²) in [6.07, 6.45) is 2.92. The lowest BCUT2D eigenvalue weighted by molar-refractivity contribution is 0.102. The largest absolute Gasteiger partial charge is 0.450 e. The van der Waals surface area contributed by atoms with E-state index in [4.69, 9.17) is 10.00 Å². The monoisotopic (exact) mass is 379 g/mol. The molecule has 1 aliphatic rings. The van der Waals surface area contributed by atoms with E-state index in [9.17, 15) is 9.59 Å². The van der Waals surface area contributed by atoms with Gasteiger partial charge < -0.3 is 19.9 Å². The molecule has 1 N–H and O–H groups in total. The van der Waals surface area contributed by atoms with E-state index in [1.165, 1.54) is 6.20 Å². The molecule has 144 valence electrons. The second kappa shape index (κ2) is 8.86. The number of ether oxygens (including phenoxy) is 1. The van der Waals surface area contributed by atoms with Gasteiger partial charge in [0.2, 0.25) is 0 Å². The predicted molar refractivity (Wildman–Crippen MR) is 104 cm³/mol. The Morgan fingerprint density at radius 2 is 1.89 bits per heavy atom. The smallest absolute Gasteiger partial charge is 0.409 e. The van der Waals surface area contributed by atoms with E-state index in [1.807, 2.05) is 6.07 Å². The van der Waals surface area contributed by atoms with E-state index in [1.54, 1.807) is 48.4 Å². The van der Waals surface area contributed by atoms with Gasteiger partial charge in [-0.05, 0) is 37.3 Å². The van der Waals surface area contributed by atoms with E-state index in [0.717, 1.165) is 5.69 Å². The number of aromatic nitrogens is 1. The van der Waals surface area contributed by atoms with Crippen molar-refractivity contribution in [2.75, 3.05) is 43.0 Å². The highest BCUT2D eigenvalue weighted by molar-refractivity contribution is 6.04. The molecule has 1 aromatic carbocycles. The van der Waals surface area contributed by atoms with Crippen LogP contribution in [0.25, 0.3) is 0 Å². The van der Waals surface area contributed by atoms with Gasteiger partial charge in [0.1, 0.15) is 0 Å². The summed E-state index contributed by atoms with van der Waals surface area (Å²) in [5.74, 6) is -0.274. The Bertz CT molecular complexity index is 883. The third-order valence-corrected chi connectivity index (χ3v) is 4.43. The first-order valence-electron chi connectivity index (χ1n) is 9.04. The van der Waals surface area contributed by atoms with Gasteiger partial charge >= 0.3 is 6.09 Å². The number of carbonyl (C=O) groups excluding carboxylic acids is 2. The zero-order valence-electron chi connectivity index (χ0n) is 15.6. The van der Waals surface area contributed by atoms with Crippen LogP contribution in [0.3, 0.4) is 0 Å². The second-order valence-electron chi connectivity index (χ2n) is 6.25. The molecule has 0 bridgehead atoms. The Balaban J connectivity index is 1.63. The quantitative estimate of drug-likeness (QED) is 0.876. The molecule has 1 saturated heterocycles. The average molecular weight is 379 g/mol. The van der Waals surface area contributed by atoms with Gasteiger partial charge in [0.05, 0.1) is 35.7 Å². The molecule has 2 amide bonds. The molecule has 3 rings (SSSR count). The number of amides is 2. The summed E-state index contributed by atoms with van der Waals surface area (Å²) in [5.41, 5.74) is 2.41. The van der Waals surface area contributed by atoms with Crippen molar-refractivity contribution >= 4 is 23.4 Å². The number of rotatable bonds is 4. The van der Waals surface area contributed by atoms with Crippen molar-refractivity contribution in [3.8, 4) is 6.07 Å². The van der Waals surface area contributed by atoms with Crippen molar-refractivity contribution in [3.05, 3.63) is 53.9 Å².